The third-order valence-corrected chi connectivity index (χ3v) is 3.98. The molecule has 0 aliphatic carbocycles. The molecule has 3 heteroatoms. The summed E-state index contributed by atoms with van der Waals surface area (Å²) in [5.41, 5.74) is 1.20. The van der Waals surface area contributed by atoms with Crippen molar-refractivity contribution in [3.05, 3.63) is 35.9 Å². The summed E-state index contributed by atoms with van der Waals surface area (Å²) in [6, 6.07) is 10.5. The van der Waals surface area contributed by atoms with E-state index in [-0.39, 0.29) is 11.9 Å². The Balaban J connectivity index is 1.88. The van der Waals surface area contributed by atoms with Gasteiger partial charge in [-0.15, -0.1) is 0 Å². The van der Waals surface area contributed by atoms with Gasteiger partial charge in [-0.3, -0.25) is 4.79 Å². The van der Waals surface area contributed by atoms with Crippen LogP contribution in [0.1, 0.15) is 38.7 Å². The predicted molar refractivity (Wildman–Crippen MR) is 82.4 cm³/mol. The van der Waals surface area contributed by atoms with Gasteiger partial charge in [-0.2, -0.15) is 0 Å². The molecule has 0 radical (unpaired) electrons. The number of benzene rings is 1. The standard InChI is InChI=1S/C17H26N2O/c1-15(2)19(14-16-8-4-3-5-9-16)17(20)10-13-18-11-6-7-12-18/h3-5,8-9,15H,6-7,10-14H2,1-2H3. The van der Waals surface area contributed by atoms with Crippen molar-refractivity contribution >= 4 is 5.91 Å². The van der Waals surface area contributed by atoms with Crippen LogP contribution in [-0.2, 0) is 11.3 Å². The fourth-order valence-electron chi connectivity index (χ4n) is 2.74. The van der Waals surface area contributed by atoms with Gasteiger partial charge in [0.05, 0.1) is 0 Å². The molecule has 2 rings (SSSR count). The maximum atomic E-state index is 12.4. The van der Waals surface area contributed by atoms with Crippen LogP contribution in [0.4, 0.5) is 0 Å². The number of likely N-dealkylation sites (tertiary alicyclic amines) is 1. The van der Waals surface area contributed by atoms with Gasteiger partial charge in [-0.25, -0.2) is 0 Å². The SMILES string of the molecule is CC(C)N(Cc1ccccc1)C(=O)CCN1CCCC1. The number of carbonyl (C=O) groups excluding carboxylic acids is 1. The molecular weight excluding hydrogens is 248 g/mol. The number of nitrogens with zero attached hydrogens (tertiary/aromatic N) is 2. The van der Waals surface area contributed by atoms with Crippen molar-refractivity contribution in [3.63, 3.8) is 0 Å². The first-order valence-electron chi connectivity index (χ1n) is 7.72. The molecule has 0 saturated carbocycles. The van der Waals surface area contributed by atoms with E-state index in [1.807, 2.05) is 23.1 Å². The van der Waals surface area contributed by atoms with Crippen molar-refractivity contribution in [1.29, 1.82) is 0 Å². The molecule has 1 aliphatic heterocycles. The Kier molecular flexibility index (Phi) is 5.60. The molecule has 0 aromatic heterocycles. The van der Waals surface area contributed by atoms with E-state index in [2.05, 4.69) is 30.9 Å². The van der Waals surface area contributed by atoms with E-state index in [1.165, 1.54) is 18.4 Å². The lowest BCUT2D eigenvalue weighted by atomic mass is 10.1. The van der Waals surface area contributed by atoms with E-state index in [1.54, 1.807) is 0 Å². The van der Waals surface area contributed by atoms with E-state index in [9.17, 15) is 4.79 Å². The van der Waals surface area contributed by atoms with Crippen LogP contribution >= 0.6 is 0 Å². The summed E-state index contributed by atoms with van der Waals surface area (Å²) >= 11 is 0. The molecule has 0 atom stereocenters. The van der Waals surface area contributed by atoms with Gasteiger partial charge in [-0.05, 0) is 45.3 Å². The Morgan fingerprint density at radius 1 is 1.20 bits per heavy atom. The molecule has 1 aromatic carbocycles. The Bertz CT molecular complexity index is 410. The van der Waals surface area contributed by atoms with Gasteiger partial charge in [0.2, 0.25) is 5.91 Å². The molecule has 0 unspecified atom stereocenters. The average molecular weight is 274 g/mol. The van der Waals surface area contributed by atoms with Gasteiger partial charge in [0.1, 0.15) is 0 Å². The zero-order valence-electron chi connectivity index (χ0n) is 12.7. The highest BCUT2D eigenvalue weighted by molar-refractivity contribution is 5.76. The molecule has 1 fully saturated rings. The van der Waals surface area contributed by atoms with Crippen molar-refractivity contribution in [2.24, 2.45) is 0 Å². The first-order chi connectivity index (χ1) is 9.66. The largest absolute Gasteiger partial charge is 0.336 e. The second-order valence-corrected chi connectivity index (χ2v) is 5.90. The van der Waals surface area contributed by atoms with E-state index in [4.69, 9.17) is 0 Å². The summed E-state index contributed by atoms with van der Waals surface area (Å²) in [6.07, 6.45) is 3.21. The highest BCUT2D eigenvalue weighted by Gasteiger charge is 2.19. The zero-order chi connectivity index (χ0) is 14.4. The molecule has 20 heavy (non-hydrogen) atoms. The summed E-state index contributed by atoms with van der Waals surface area (Å²) in [6.45, 7) is 8.14. The van der Waals surface area contributed by atoms with Gasteiger partial charge in [-0.1, -0.05) is 30.3 Å². The Labute approximate surface area is 122 Å². The van der Waals surface area contributed by atoms with Crippen LogP contribution in [-0.4, -0.2) is 41.4 Å². The van der Waals surface area contributed by atoms with Crippen molar-refractivity contribution in [2.75, 3.05) is 19.6 Å². The highest BCUT2D eigenvalue weighted by atomic mass is 16.2. The molecule has 0 N–H and O–H groups in total. The van der Waals surface area contributed by atoms with Crippen LogP contribution in [0.3, 0.4) is 0 Å². The van der Waals surface area contributed by atoms with Crippen LogP contribution in [0, 0.1) is 0 Å². The lowest BCUT2D eigenvalue weighted by molar-refractivity contribution is -0.133. The Morgan fingerprint density at radius 2 is 1.85 bits per heavy atom. The van der Waals surface area contributed by atoms with E-state index in [0.717, 1.165) is 26.2 Å². The lowest BCUT2D eigenvalue weighted by Gasteiger charge is -2.28. The Hall–Kier alpha value is -1.35. The predicted octanol–water partition coefficient (Wildman–Crippen LogP) is 2.91. The maximum absolute atomic E-state index is 12.4. The third kappa shape index (κ3) is 4.34. The second kappa shape index (κ2) is 7.44. The molecule has 110 valence electrons. The van der Waals surface area contributed by atoms with Crippen LogP contribution in [0.2, 0.25) is 0 Å². The molecule has 1 amide bonds. The first-order valence-corrected chi connectivity index (χ1v) is 7.72. The monoisotopic (exact) mass is 274 g/mol. The molecule has 1 saturated heterocycles. The fraction of sp³-hybridized carbons (Fsp3) is 0.588. The maximum Gasteiger partial charge on any atom is 0.224 e. The molecule has 3 nitrogen and oxygen atoms in total. The van der Waals surface area contributed by atoms with Gasteiger partial charge in [0.15, 0.2) is 0 Å². The van der Waals surface area contributed by atoms with Gasteiger partial charge in [0, 0.05) is 25.6 Å². The quantitative estimate of drug-likeness (QED) is 0.796. The third-order valence-electron chi connectivity index (χ3n) is 3.98. The Morgan fingerprint density at radius 3 is 2.45 bits per heavy atom. The minimum atomic E-state index is 0.251. The number of carbonyl (C=O) groups is 1. The minimum Gasteiger partial charge on any atom is -0.336 e. The van der Waals surface area contributed by atoms with Crippen molar-refractivity contribution < 1.29 is 4.79 Å². The molecular formula is C17H26N2O. The van der Waals surface area contributed by atoms with Crippen LogP contribution in [0.25, 0.3) is 0 Å². The van der Waals surface area contributed by atoms with Gasteiger partial charge in [0.25, 0.3) is 0 Å². The van der Waals surface area contributed by atoms with E-state index in [0.29, 0.717) is 6.42 Å². The molecule has 1 aliphatic rings. The molecule has 0 spiro atoms. The van der Waals surface area contributed by atoms with Crippen LogP contribution < -0.4 is 0 Å². The summed E-state index contributed by atoms with van der Waals surface area (Å²) < 4.78 is 0. The second-order valence-electron chi connectivity index (χ2n) is 5.90. The van der Waals surface area contributed by atoms with Crippen molar-refractivity contribution in [3.8, 4) is 0 Å². The van der Waals surface area contributed by atoms with Gasteiger partial charge < -0.3 is 9.80 Å². The van der Waals surface area contributed by atoms with Crippen LogP contribution in [0.15, 0.2) is 30.3 Å². The van der Waals surface area contributed by atoms with Crippen molar-refractivity contribution in [1.82, 2.24) is 9.80 Å². The summed E-state index contributed by atoms with van der Waals surface area (Å²) in [4.78, 5) is 16.8. The van der Waals surface area contributed by atoms with Gasteiger partial charge >= 0.3 is 0 Å². The molecule has 0 bridgehead atoms. The topological polar surface area (TPSA) is 23.6 Å². The number of rotatable bonds is 6. The summed E-state index contributed by atoms with van der Waals surface area (Å²) in [5.74, 6) is 0.274. The minimum absolute atomic E-state index is 0.251. The van der Waals surface area contributed by atoms with Crippen LogP contribution in [0.5, 0.6) is 0 Å². The number of amides is 1. The summed E-state index contributed by atoms with van der Waals surface area (Å²) in [5, 5.41) is 0. The fourth-order valence-corrected chi connectivity index (χ4v) is 2.74. The first kappa shape index (κ1) is 15.0. The van der Waals surface area contributed by atoms with E-state index < -0.39 is 0 Å². The number of hydrogen-bond acceptors (Lipinski definition) is 2. The summed E-state index contributed by atoms with van der Waals surface area (Å²) in [7, 11) is 0. The molecule has 1 heterocycles. The lowest BCUT2D eigenvalue weighted by Crippen LogP contribution is -2.38. The van der Waals surface area contributed by atoms with Crippen molar-refractivity contribution in [2.45, 2.75) is 45.7 Å². The zero-order valence-corrected chi connectivity index (χ0v) is 12.7. The normalized spacial score (nSPS) is 15.8. The van der Waals surface area contributed by atoms with E-state index >= 15 is 0 Å². The smallest absolute Gasteiger partial charge is 0.224 e. The molecule has 1 aromatic rings. The number of hydrogen-bond donors (Lipinski definition) is 0. The average Bonchev–Trinajstić information content (AvgIpc) is 2.96. The highest BCUT2D eigenvalue weighted by Crippen LogP contribution is 2.12.